The van der Waals surface area contributed by atoms with Gasteiger partial charge in [0.2, 0.25) is 0 Å². The molecular formula is C13H23Cl2N3OS. The lowest BCUT2D eigenvalue weighted by molar-refractivity contribution is 0.0660. The number of nitrogens with one attached hydrogen (secondary N) is 1. The van der Waals surface area contributed by atoms with E-state index >= 15 is 0 Å². The van der Waals surface area contributed by atoms with Gasteiger partial charge in [-0.05, 0) is 26.7 Å². The Morgan fingerprint density at radius 2 is 2.20 bits per heavy atom. The van der Waals surface area contributed by atoms with Gasteiger partial charge in [0, 0.05) is 25.7 Å². The van der Waals surface area contributed by atoms with Crippen LogP contribution < -0.4 is 5.32 Å². The van der Waals surface area contributed by atoms with Crippen LogP contribution in [0.25, 0.3) is 0 Å². The summed E-state index contributed by atoms with van der Waals surface area (Å²) in [5, 5.41) is 4.39. The maximum Gasteiger partial charge on any atom is 0.266 e. The quantitative estimate of drug-likeness (QED) is 0.920. The Bertz CT molecular complexity index is 439. The first-order chi connectivity index (χ1) is 8.63. The van der Waals surface area contributed by atoms with Crippen LogP contribution in [0.15, 0.2) is 0 Å². The molecule has 1 aliphatic rings. The number of nitrogens with zero attached hydrogens (tertiary/aromatic N) is 2. The SMILES string of the molecule is CCCc1nc(C)c(C(=O)N2CCNC[C@@H]2C)s1.Cl.Cl. The number of hydrogen-bond donors (Lipinski definition) is 1. The zero-order chi connectivity index (χ0) is 13.1. The Balaban J connectivity index is 0.00000180. The largest absolute Gasteiger partial charge is 0.333 e. The van der Waals surface area contributed by atoms with Crippen molar-refractivity contribution < 1.29 is 4.79 Å². The van der Waals surface area contributed by atoms with Crippen LogP contribution in [-0.4, -0.2) is 41.5 Å². The predicted octanol–water partition coefficient (Wildman–Crippen LogP) is 2.68. The number of carbonyl (C=O) groups is 1. The monoisotopic (exact) mass is 339 g/mol. The van der Waals surface area contributed by atoms with Crippen molar-refractivity contribution >= 4 is 42.1 Å². The topological polar surface area (TPSA) is 45.2 Å². The van der Waals surface area contributed by atoms with E-state index in [1.54, 1.807) is 11.3 Å². The van der Waals surface area contributed by atoms with Crippen LogP contribution in [0.5, 0.6) is 0 Å². The maximum absolute atomic E-state index is 12.5. The van der Waals surface area contributed by atoms with E-state index in [1.165, 1.54) is 0 Å². The third-order valence-corrected chi connectivity index (χ3v) is 4.47. The molecule has 1 aromatic rings. The van der Waals surface area contributed by atoms with Gasteiger partial charge in [-0.1, -0.05) is 6.92 Å². The van der Waals surface area contributed by atoms with Gasteiger partial charge in [0.25, 0.3) is 5.91 Å². The van der Waals surface area contributed by atoms with E-state index in [0.717, 1.165) is 48.1 Å². The van der Waals surface area contributed by atoms with E-state index in [0.29, 0.717) is 0 Å². The van der Waals surface area contributed by atoms with Crippen molar-refractivity contribution in [3.05, 3.63) is 15.6 Å². The molecule has 0 aliphatic carbocycles. The summed E-state index contributed by atoms with van der Waals surface area (Å²) in [7, 11) is 0. The zero-order valence-electron chi connectivity index (χ0n) is 12.1. The molecule has 1 atom stereocenters. The highest BCUT2D eigenvalue weighted by atomic mass is 35.5. The van der Waals surface area contributed by atoms with Crippen molar-refractivity contribution in [1.29, 1.82) is 0 Å². The molecule has 1 fully saturated rings. The molecule has 116 valence electrons. The van der Waals surface area contributed by atoms with Crippen LogP contribution in [0.1, 0.15) is 40.6 Å². The van der Waals surface area contributed by atoms with E-state index in [4.69, 9.17) is 0 Å². The van der Waals surface area contributed by atoms with Gasteiger partial charge < -0.3 is 10.2 Å². The minimum Gasteiger partial charge on any atom is -0.333 e. The Labute approximate surface area is 137 Å². The fourth-order valence-corrected chi connectivity index (χ4v) is 3.37. The van der Waals surface area contributed by atoms with Crippen molar-refractivity contribution in [3.8, 4) is 0 Å². The van der Waals surface area contributed by atoms with Crippen LogP contribution in [-0.2, 0) is 6.42 Å². The fraction of sp³-hybridized carbons (Fsp3) is 0.692. The highest BCUT2D eigenvalue weighted by Crippen LogP contribution is 2.22. The second-order valence-electron chi connectivity index (χ2n) is 4.82. The predicted molar refractivity (Wildman–Crippen MR) is 88.7 cm³/mol. The standard InChI is InChI=1S/C13H21N3OS.2ClH/c1-4-5-11-15-10(3)12(18-11)13(17)16-7-6-14-8-9(16)2;;/h9,14H,4-8H2,1-3H3;2*1H/t9-;;/m0../s1. The van der Waals surface area contributed by atoms with Gasteiger partial charge in [-0.3, -0.25) is 4.79 Å². The first-order valence-electron chi connectivity index (χ1n) is 6.61. The van der Waals surface area contributed by atoms with Gasteiger partial charge in [-0.15, -0.1) is 36.2 Å². The number of piperazine rings is 1. The number of hydrogen-bond acceptors (Lipinski definition) is 4. The maximum atomic E-state index is 12.5. The summed E-state index contributed by atoms with van der Waals surface area (Å²) in [6.07, 6.45) is 2.04. The van der Waals surface area contributed by atoms with Crippen LogP contribution in [0.4, 0.5) is 0 Å². The number of amides is 1. The Morgan fingerprint density at radius 1 is 1.50 bits per heavy atom. The van der Waals surface area contributed by atoms with Gasteiger partial charge in [-0.2, -0.15) is 0 Å². The number of aryl methyl sites for hydroxylation is 2. The molecule has 0 bridgehead atoms. The summed E-state index contributed by atoms with van der Waals surface area (Å²) in [5.41, 5.74) is 0.888. The summed E-state index contributed by atoms with van der Waals surface area (Å²) in [6, 6.07) is 0.266. The van der Waals surface area contributed by atoms with E-state index in [-0.39, 0.29) is 36.8 Å². The van der Waals surface area contributed by atoms with Crippen molar-refractivity contribution in [2.75, 3.05) is 19.6 Å². The molecular weight excluding hydrogens is 317 g/mol. The zero-order valence-corrected chi connectivity index (χ0v) is 14.6. The molecule has 7 heteroatoms. The molecule has 0 spiro atoms. The minimum atomic E-state index is 0. The van der Waals surface area contributed by atoms with Crippen molar-refractivity contribution in [2.24, 2.45) is 0 Å². The molecule has 0 saturated carbocycles. The van der Waals surface area contributed by atoms with Crippen molar-refractivity contribution in [2.45, 2.75) is 39.7 Å². The molecule has 0 unspecified atom stereocenters. The number of halogens is 2. The highest BCUT2D eigenvalue weighted by molar-refractivity contribution is 7.13. The lowest BCUT2D eigenvalue weighted by Gasteiger charge is -2.33. The molecule has 0 radical (unpaired) electrons. The molecule has 1 N–H and O–H groups in total. The molecule has 20 heavy (non-hydrogen) atoms. The van der Waals surface area contributed by atoms with Crippen LogP contribution in [0.3, 0.4) is 0 Å². The first kappa shape index (κ1) is 19.6. The number of thiazole rings is 1. The number of aromatic nitrogens is 1. The van der Waals surface area contributed by atoms with E-state index < -0.39 is 0 Å². The smallest absolute Gasteiger partial charge is 0.266 e. The molecule has 2 rings (SSSR count). The summed E-state index contributed by atoms with van der Waals surface area (Å²) < 4.78 is 0. The minimum absolute atomic E-state index is 0. The molecule has 1 amide bonds. The summed E-state index contributed by atoms with van der Waals surface area (Å²) in [5.74, 6) is 0.154. The van der Waals surface area contributed by atoms with Crippen molar-refractivity contribution in [1.82, 2.24) is 15.2 Å². The number of carbonyl (C=O) groups excluding carboxylic acids is 1. The third-order valence-electron chi connectivity index (χ3n) is 3.26. The highest BCUT2D eigenvalue weighted by Gasteiger charge is 2.26. The molecule has 2 heterocycles. The fourth-order valence-electron chi connectivity index (χ4n) is 2.24. The van der Waals surface area contributed by atoms with Gasteiger partial charge in [0.1, 0.15) is 4.88 Å². The van der Waals surface area contributed by atoms with Gasteiger partial charge >= 0.3 is 0 Å². The molecule has 1 saturated heterocycles. The second kappa shape index (κ2) is 8.82. The second-order valence-corrected chi connectivity index (χ2v) is 5.91. The first-order valence-corrected chi connectivity index (χ1v) is 7.43. The van der Waals surface area contributed by atoms with Crippen LogP contribution in [0.2, 0.25) is 0 Å². The third kappa shape index (κ3) is 4.32. The van der Waals surface area contributed by atoms with Crippen LogP contribution in [0, 0.1) is 6.92 Å². The van der Waals surface area contributed by atoms with Gasteiger partial charge in [0.05, 0.1) is 10.7 Å². The molecule has 1 aliphatic heterocycles. The summed E-state index contributed by atoms with van der Waals surface area (Å²) >= 11 is 1.57. The van der Waals surface area contributed by atoms with E-state index in [1.807, 2.05) is 11.8 Å². The summed E-state index contributed by atoms with van der Waals surface area (Å²) in [4.78, 5) is 19.8. The Hall–Kier alpha value is -0.360. The lowest BCUT2D eigenvalue weighted by atomic mass is 10.2. The van der Waals surface area contributed by atoms with Crippen LogP contribution >= 0.6 is 36.2 Å². The van der Waals surface area contributed by atoms with E-state index in [9.17, 15) is 4.79 Å². The molecule has 1 aromatic heterocycles. The summed E-state index contributed by atoms with van der Waals surface area (Å²) in [6.45, 7) is 8.72. The average Bonchev–Trinajstić information content (AvgIpc) is 2.71. The number of rotatable bonds is 3. The molecule has 4 nitrogen and oxygen atoms in total. The Kier molecular flexibility index (Phi) is 8.66. The molecule has 0 aromatic carbocycles. The normalized spacial score (nSPS) is 18.1. The van der Waals surface area contributed by atoms with Gasteiger partial charge in [0.15, 0.2) is 0 Å². The van der Waals surface area contributed by atoms with E-state index in [2.05, 4.69) is 24.1 Å². The average molecular weight is 340 g/mol. The van der Waals surface area contributed by atoms with Gasteiger partial charge in [-0.25, -0.2) is 4.98 Å². The van der Waals surface area contributed by atoms with Crippen molar-refractivity contribution in [3.63, 3.8) is 0 Å². The lowest BCUT2D eigenvalue weighted by Crippen LogP contribution is -2.52. The Morgan fingerprint density at radius 3 is 2.80 bits per heavy atom.